The first-order chi connectivity index (χ1) is 13.8. The van der Waals surface area contributed by atoms with Crippen LogP contribution in [0.1, 0.15) is 32.6 Å². The lowest BCUT2D eigenvalue weighted by molar-refractivity contribution is -0.140. The summed E-state index contributed by atoms with van der Waals surface area (Å²) in [7, 11) is 0. The average Bonchev–Trinajstić information content (AvgIpc) is 3.23. The highest BCUT2D eigenvalue weighted by atomic mass is 35.5. The normalized spacial score (nSPS) is 17.6. The maximum Gasteiger partial charge on any atom is 0.325 e. The molecule has 1 aromatic carbocycles. The van der Waals surface area contributed by atoms with Crippen molar-refractivity contribution in [1.29, 1.82) is 0 Å². The number of hydrogen-bond acceptors (Lipinski definition) is 4. The van der Waals surface area contributed by atoms with Crippen LogP contribution in [0.25, 0.3) is 0 Å². The van der Waals surface area contributed by atoms with Gasteiger partial charge in [0.1, 0.15) is 12.1 Å². The van der Waals surface area contributed by atoms with Gasteiger partial charge in [0.2, 0.25) is 11.8 Å². The zero-order chi connectivity index (χ0) is 21.2. The number of carbonyl (C=O) groups is 4. The minimum Gasteiger partial charge on any atom is -0.332 e. The van der Waals surface area contributed by atoms with Crippen molar-refractivity contribution in [3.05, 3.63) is 28.2 Å². The summed E-state index contributed by atoms with van der Waals surface area (Å²) >= 11 is 12.1. The molecule has 10 heteroatoms. The summed E-state index contributed by atoms with van der Waals surface area (Å²) in [5.74, 6) is -1.34. The summed E-state index contributed by atoms with van der Waals surface area (Å²) in [6, 6.07) is 4.26. The van der Waals surface area contributed by atoms with Crippen LogP contribution in [0.15, 0.2) is 18.2 Å². The molecule has 0 aromatic heterocycles. The quantitative estimate of drug-likeness (QED) is 0.664. The Kier molecular flexibility index (Phi) is 6.33. The second kappa shape index (κ2) is 8.59. The highest BCUT2D eigenvalue weighted by Crippen LogP contribution is 2.35. The Bertz CT molecular complexity index is 834. The molecule has 3 rings (SSSR count). The van der Waals surface area contributed by atoms with Gasteiger partial charge < -0.3 is 15.5 Å². The number of benzene rings is 1. The van der Waals surface area contributed by atoms with Crippen LogP contribution < -0.4 is 10.6 Å². The molecule has 1 aliphatic heterocycles. The number of likely N-dealkylation sites (N-methyl/N-ethyl adjacent to an activating group) is 1. The van der Waals surface area contributed by atoms with Crippen molar-refractivity contribution in [2.24, 2.45) is 0 Å². The van der Waals surface area contributed by atoms with Crippen LogP contribution in [-0.2, 0) is 14.4 Å². The fourth-order valence-corrected chi connectivity index (χ4v) is 4.21. The molecule has 1 aromatic rings. The zero-order valence-electron chi connectivity index (χ0n) is 16.0. The maximum absolute atomic E-state index is 12.7. The molecule has 5 amide bonds. The summed E-state index contributed by atoms with van der Waals surface area (Å²) in [6.45, 7) is 1.28. The van der Waals surface area contributed by atoms with Gasteiger partial charge in [-0.3, -0.25) is 19.3 Å². The summed E-state index contributed by atoms with van der Waals surface area (Å²) < 4.78 is 0. The molecule has 1 heterocycles. The third-order valence-electron chi connectivity index (χ3n) is 5.29. The van der Waals surface area contributed by atoms with Gasteiger partial charge in [0.25, 0.3) is 5.91 Å². The lowest BCUT2D eigenvalue weighted by Crippen LogP contribution is -2.47. The zero-order valence-corrected chi connectivity index (χ0v) is 17.5. The SMILES string of the molecule is CCN(CC(=O)Nc1c(Cl)cccc1Cl)C(=O)CN1C(=O)NC2(CCCC2)C1=O. The van der Waals surface area contributed by atoms with Gasteiger partial charge >= 0.3 is 6.03 Å². The van der Waals surface area contributed by atoms with E-state index in [9.17, 15) is 19.2 Å². The second-order valence-corrected chi connectivity index (χ2v) is 7.98. The number of hydrogen-bond donors (Lipinski definition) is 2. The monoisotopic (exact) mass is 440 g/mol. The smallest absolute Gasteiger partial charge is 0.325 e. The highest BCUT2D eigenvalue weighted by Gasteiger charge is 2.52. The molecule has 2 aliphatic rings. The molecule has 156 valence electrons. The molecule has 2 N–H and O–H groups in total. The molecule has 1 aliphatic carbocycles. The van der Waals surface area contributed by atoms with E-state index in [4.69, 9.17) is 23.2 Å². The number of carbonyl (C=O) groups excluding carboxylic acids is 4. The predicted molar refractivity (Wildman–Crippen MR) is 109 cm³/mol. The molecule has 1 spiro atoms. The third kappa shape index (κ3) is 4.33. The van der Waals surface area contributed by atoms with Gasteiger partial charge in [-0.1, -0.05) is 42.1 Å². The topological polar surface area (TPSA) is 98.8 Å². The number of nitrogens with zero attached hydrogens (tertiary/aromatic N) is 2. The van der Waals surface area contributed by atoms with Gasteiger partial charge in [-0.25, -0.2) is 4.79 Å². The van der Waals surface area contributed by atoms with Gasteiger partial charge in [-0.15, -0.1) is 0 Å². The summed E-state index contributed by atoms with van der Waals surface area (Å²) in [5, 5.41) is 5.89. The van der Waals surface area contributed by atoms with Gasteiger partial charge in [0.05, 0.1) is 22.3 Å². The van der Waals surface area contributed by atoms with Crippen LogP contribution in [0.3, 0.4) is 0 Å². The molecule has 1 saturated carbocycles. The first-order valence-corrected chi connectivity index (χ1v) is 10.2. The predicted octanol–water partition coefficient (Wildman–Crippen LogP) is 2.65. The molecule has 0 radical (unpaired) electrons. The van der Waals surface area contributed by atoms with Crippen molar-refractivity contribution >= 4 is 52.6 Å². The molecule has 29 heavy (non-hydrogen) atoms. The Morgan fingerprint density at radius 2 is 1.83 bits per heavy atom. The number of halogens is 2. The van der Waals surface area contributed by atoms with Crippen LogP contribution in [-0.4, -0.2) is 58.7 Å². The Morgan fingerprint density at radius 3 is 2.41 bits per heavy atom. The van der Waals surface area contributed by atoms with E-state index in [1.165, 1.54) is 4.90 Å². The number of imide groups is 1. The largest absolute Gasteiger partial charge is 0.332 e. The van der Waals surface area contributed by atoms with E-state index in [-0.39, 0.29) is 34.7 Å². The summed E-state index contributed by atoms with van der Waals surface area (Å²) in [6.07, 6.45) is 2.89. The molecule has 8 nitrogen and oxygen atoms in total. The van der Waals surface area contributed by atoms with E-state index in [1.54, 1.807) is 25.1 Å². The van der Waals surface area contributed by atoms with Crippen LogP contribution in [0.2, 0.25) is 10.0 Å². The van der Waals surface area contributed by atoms with Crippen LogP contribution in [0.5, 0.6) is 0 Å². The van der Waals surface area contributed by atoms with E-state index in [0.717, 1.165) is 17.7 Å². The van der Waals surface area contributed by atoms with Crippen molar-refractivity contribution in [3.8, 4) is 0 Å². The molecule has 2 fully saturated rings. The minimum absolute atomic E-state index is 0.233. The molecule has 0 bridgehead atoms. The number of rotatable bonds is 6. The van der Waals surface area contributed by atoms with Crippen LogP contribution in [0, 0.1) is 0 Å². The lowest BCUT2D eigenvalue weighted by atomic mass is 9.98. The molecule has 0 atom stereocenters. The van der Waals surface area contributed by atoms with E-state index < -0.39 is 29.9 Å². The minimum atomic E-state index is -0.868. The van der Waals surface area contributed by atoms with Crippen molar-refractivity contribution in [1.82, 2.24) is 15.1 Å². The van der Waals surface area contributed by atoms with Gasteiger partial charge in [0.15, 0.2) is 0 Å². The molecule has 0 unspecified atom stereocenters. The molecular formula is C19H22Cl2N4O4. The standard InChI is InChI=1S/C19H22Cl2N4O4/c1-2-24(10-14(26)22-16-12(20)6-5-7-13(16)21)15(27)11-25-17(28)19(23-18(25)29)8-3-4-9-19/h5-7H,2-4,8-11H2,1H3,(H,22,26)(H,23,29). The Balaban J connectivity index is 1.62. The van der Waals surface area contributed by atoms with Gasteiger partial charge in [0, 0.05) is 6.54 Å². The Morgan fingerprint density at radius 1 is 1.21 bits per heavy atom. The van der Waals surface area contributed by atoms with E-state index in [2.05, 4.69) is 10.6 Å². The second-order valence-electron chi connectivity index (χ2n) is 7.16. The number of amides is 5. The maximum atomic E-state index is 12.7. The average molecular weight is 441 g/mol. The van der Waals surface area contributed by atoms with Gasteiger partial charge in [-0.05, 0) is 31.9 Å². The first-order valence-electron chi connectivity index (χ1n) is 9.43. The van der Waals surface area contributed by atoms with E-state index in [0.29, 0.717) is 12.8 Å². The van der Waals surface area contributed by atoms with Crippen molar-refractivity contribution in [3.63, 3.8) is 0 Å². The number of nitrogens with one attached hydrogen (secondary N) is 2. The highest BCUT2D eigenvalue weighted by molar-refractivity contribution is 6.39. The van der Waals surface area contributed by atoms with Crippen molar-refractivity contribution in [2.75, 3.05) is 25.0 Å². The Labute approximate surface area is 178 Å². The summed E-state index contributed by atoms with van der Waals surface area (Å²) in [5.41, 5.74) is -0.603. The Hall–Kier alpha value is -2.32. The van der Waals surface area contributed by atoms with Crippen LogP contribution >= 0.6 is 23.2 Å². The fourth-order valence-electron chi connectivity index (χ4n) is 3.72. The molecule has 1 saturated heterocycles. The third-order valence-corrected chi connectivity index (χ3v) is 5.92. The fraction of sp³-hybridized carbons (Fsp3) is 0.474. The van der Waals surface area contributed by atoms with E-state index in [1.807, 2.05) is 0 Å². The van der Waals surface area contributed by atoms with Crippen molar-refractivity contribution in [2.45, 2.75) is 38.1 Å². The number of para-hydroxylation sites is 1. The van der Waals surface area contributed by atoms with Crippen molar-refractivity contribution < 1.29 is 19.2 Å². The number of urea groups is 1. The van der Waals surface area contributed by atoms with Crippen LogP contribution in [0.4, 0.5) is 10.5 Å². The summed E-state index contributed by atoms with van der Waals surface area (Å²) in [4.78, 5) is 52.2. The number of anilines is 1. The first kappa shape index (κ1) is 21.4. The van der Waals surface area contributed by atoms with Gasteiger partial charge in [-0.2, -0.15) is 0 Å². The van der Waals surface area contributed by atoms with E-state index >= 15 is 0 Å². The lowest BCUT2D eigenvalue weighted by Gasteiger charge is -2.24. The molecular weight excluding hydrogens is 419 g/mol.